The van der Waals surface area contributed by atoms with Crippen molar-refractivity contribution in [3.05, 3.63) is 28.2 Å². The lowest BCUT2D eigenvalue weighted by molar-refractivity contribution is 0.292. The van der Waals surface area contributed by atoms with Gasteiger partial charge in [-0.3, -0.25) is 0 Å². The van der Waals surface area contributed by atoms with Gasteiger partial charge in [-0.25, -0.2) is 0 Å². The minimum absolute atomic E-state index is 0.0710. The number of nitrogens with two attached hydrogens (primary N) is 1. The lowest BCUT2D eigenvalue weighted by Gasteiger charge is -2.08. The molecule has 0 aliphatic rings. The zero-order valence-corrected chi connectivity index (χ0v) is 12.2. The van der Waals surface area contributed by atoms with Crippen molar-refractivity contribution in [3.63, 3.8) is 0 Å². The Hall–Kier alpha value is -1.79. The van der Waals surface area contributed by atoms with Crippen molar-refractivity contribution in [2.75, 3.05) is 17.7 Å². The predicted octanol–water partition coefficient (Wildman–Crippen LogP) is 3.29. The summed E-state index contributed by atoms with van der Waals surface area (Å²) in [7, 11) is 0. The highest BCUT2D eigenvalue weighted by molar-refractivity contribution is 6.35. The van der Waals surface area contributed by atoms with E-state index in [4.69, 9.17) is 33.7 Å². The average molecular weight is 314 g/mol. The zero-order valence-electron chi connectivity index (χ0n) is 10.7. The van der Waals surface area contributed by atoms with Gasteiger partial charge in [-0.05, 0) is 24.6 Å². The molecule has 1 heterocycles. The Morgan fingerprint density at radius 3 is 2.50 bits per heavy atom. The normalized spacial score (nSPS) is 10.3. The summed E-state index contributed by atoms with van der Waals surface area (Å²) < 4.78 is 5.33. The molecule has 0 bridgehead atoms. The molecule has 0 fully saturated rings. The molecule has 0 unspecified atom stereocenters. The molecule has 0 amide bonds. The van der Waals surface area contributed by atoms with E-state index >= 15 is 0 Å². The predicted molar refractivity (Wildman–Crippen MR) is 79.8 cm³/mol. The van der Waals surface area contributed by atoms with Crippen LogP contribution in [0.4, 0.5) is 17.6 Å². The van der Waals surface area contributed by atoms with Gasteiger partial charge in [0.1, 0.15) is 0 Å². The molecule has 0 atom stereocenters. The van der Waals surface area contributed by atoms with Gasteiger partial charge >= 0.3 is 6.01 Å². The standard InChI is InChI=1S/C12H13Cl2N5O/c1-2-3-20-12-18-10(15)17-11(19-12)16-9-5-7(13)4-8(14)6-9/h4-6H,2-3H2,1H3,(H3,15,16,17,18,19). The summed E-state index contributed by atoms with van der Waals surface area (Å²) in [6.45, 7) is 2.49. The van der Waals surface area contributed by atoms with Crippen LogP contribution >= 0.6 is 23.2 Å². The molecule has 2 rings (SSSR count). The quantitative estimate of drug-likeness (QED) is 0.880. The van der Waals surface area contributed by atoms with E-state index in [2.05, 4.69) is 20.3 Å². The molecule has 1 aromatic heterocycles. The first-order valence-corrected chi connectivity index (χ1v) is 6.70. The van der Waals surface area contributed by atoms with E-state index in [0.29, 0.717) is 22.3 Å². The number of rotatable bonds is 5. The Labute approximate surface area is 126 Å². The average Bonchev–Trinajstić information content (AvgIpc) is 2.34. The van der Waals surface area contributed by atoms with E-state index in [1.165, 1.54) is 0 Å². The van der Waals surface area contributed by atoms with Crippen LogP contribution in [-0.4, -0.2) is 21.6 Å². The number of nitrogen functional groups attached to an aromatic ring is 1. The van der Waals surface area contributed by atoms with Gasteiger partial charge in [0.2, 0.25) is 11.9 Å². The van der Waals surface area contributed by atoms with Crippen molar-refractivity contribution < 1.29 is 4.74 Å². The summed E-state index contributed by atoms with van der Waals surface area (Å²) in [6, 6.07) is 5.20. The number of anilines is 3. The molecule has 0 spiro atoms. The van der Waals surface area contributed by atoms with Gasteiger partial charge in [0.15, 0.2) is 0 Å². The van der Waals surface area contributed by atoms with Crippen LogP contribution in [0.3, 0.4) is 0 Å². The van der Waals surface area contributed by atoms with Crippen molar-refractivity contribution in [2.24, 2.45) is 0 Å². The first-order chi connectivity index (χ1) is 9.56. The molecule has 3 N–H and O–H groups in total. The highest BCUT2D eigenvalue weighted by atomic mass is 35.5. The second kappa shape index (κ2) is 6.58. The second-order valence-electron chi connectivity index (χ2n) is 3.93. The van der Waals surface area contributed by atoms with Crippen LogP contribution in [-0.2, 0) is 0 Å². The van der Waals surface area contributed by atoms with E-state index < -0.39 is 0 Å². The topological polar surface area (TPSA) is 86.0 Å². The molecule has 0 radical (unpaired) electrons. The fraction of sp³-hybridized carbons (Fsp3) is 0.250. The molecule has 1 aromatic carbocycles. The van der Waals surface area contributed by atoms with Gasteiger partial charge in [0.05, 0.1) is 6.61 Å². The van der Waals surface area contributed by atoms with Crippen LogP contribution in [0.25, 0.3) is 0 Å². The fourth-order valence-corrected chi connectivity index (χ4v) is 1.97. The van der Waals surface area contributed by atoms with Crippen LogP contribution in [0, 0.1) is 0 Å². The van der Waals surface area contributed by atoms with Gasteiger partial charge in [-0.15, -0.1) is 0 Å². The van der Waals surface area contributed by atoms with E-state index in [1.54, 1.807) is 18.2 Å². The fourth-order valence-electron chi connectivity index (χ4n) is 1.44. The molecule has 6 nitrogen and oxygen atoms in total. The van der Waals surface area contributed by atoms with Gasteiger partial charge in [0.25, 0.3) is 0 Å². The number of benzene rings is 1. The molecule has 0 saturated heterocycles. The third kappa shape index (κ3) is 4.11. The molecule has 106 valence electrons. The molecular weight excluding hydrogens is 301 g/mol. The zero-order chi connectivity index (χ0) is 14.5. The van der Waals surface area contributed by atoms with E-state index in [-0.39, 0.29) is 17.9 Å². The first-order valence-electron chi connectivity index (χ1n) is 5.94. The number of ether oxygens (including phenoxy) is 1. The van der Waals surface area contributed by atoms with Crippen molar-refractivity contribution in [1.82, 2.24) is 15.0 Å². The van der Waals surface area contributed by atoms with E-state index in [0.717, 1.165) is 6.42 Å². The monoisotopic (exact) mass is 313 g/mol. The minimum atomic E-state index is 0.0710. The van der Waals surface area contributed by atoms with Crippen LogP contribution < -0.4 is 15.8 Å². The number of hydrogen-bond donors (Lipinski definition) is 2. The Balaban J connectivity index is 2.21. The SMILES string of the molecule is CCCOc1nc(N)nc(Nc2cc(Cl)cc(Cl)c2)n1. The molecule has 2 aromatic rings. The van der Waals surface area contributed by atoms with Crippen molar-refractivity contribution in [2.45, 2.75) is 13.3 Å². The lowest BCUT2D eigenvalue weighted by atomic mass is 10.3. The first kappa shape index (κ1) is 14.6. The number of nitrogens with one attached hydrogen (secondary N) is 1. The maximum absolute atomic E-state index is 5.92. The number of nitrogens with zero attached hydrogens (tertiary/aromatic N) is 3. The van der Waals surface area contributed by atoms with Crippen LogP contribution in [0.5, 0.6) is 6.01 Å². The highest BCUT2D eigenvalue weighted by Crippen LogP contribution is 2.24. The highest BCUT2D eigenvalue weighted by Gasteiger charge is 2.06. The van der Waals surface area contributed by atoms with Gasteiger partial charge < -0.3 is 15.8 Å². The van der Waals surface area contributed by atoms with E-state index in [9.17, 15) is 0 Å². The Bertz CT molecular complexity index is 588. The molecule has 0 aliphatic carbocycles. The summed E-state index contributed by atoms with van der Waals surface area (Å²) in [5.74, 6) is 0.337. The van der Waals surface area contributed by atoms with Crippen LogP contribution in [0.1, 0.15) is 13.3 Å². The molecule has 0 saturated carbocycles. The van der Waals surface area contributed by atoms with Crippen molar-refractivity contribution in [3.8, 4) is 6.01 Å². The van der Waals surface area contributed by atoms with Gasteiger partial charge in [0, 0.05) is 15.7 Å². The second-order valence-corrected chi connectivity index (χ2v) is 4.80. The number of aromatic nitrogens is 3. The summed E-state index contributed by atoms with van der Waals surface area (Å²) in [6.07, 6.45) is 0.845. The summed E-state index contributed by atoms with van der Waals surface area (Å²) in [4.78, 5) is 12.0. The van der Waals surface area contributed by atoms with Gasteiger partial charge in [-0.1, -0.05) is 30.1 Å². The number of halogens is 2. The third-order valence-electron chi connectivity index (χ3n) is 2.19. The Morgan fingerprint density at radius 1 is 1.15 bits per heavy atom. The summed E-state index contributed by atoms with van der Waals surface area (Å²) in [5.41, 5.74) is 6.26. The maximum Gasteiger partial charge on any atom is 0.323 e. The Morgan fingerprint density at radius 2 is 1.85 bits per heavy atom. The minimum Gasteiger partial charge on any atom is -0.463 e. The van der Waals surface area contributed by atoms with Crippen LogP contribution in [0.15, 0.2) is 18.2 Å². The van der Waals surface area contributed by atoms with Crippen LogP contribution in [0.2, 0.25) is 10.0 Å². The molecule has 8 heteroatoms. The third-order valence-corrected chi connectivity index (χ3v) is 2.62. The summed E-state index contributed by atoms with van der Waals surface area (Å²) >= 11 is 11.8. The van der Waals surface area contributed by atoms with Crippen molar-refractivity contribution >= 4 is 40.8 Å². The van der Waals surface area contributed by atoms with E-state index in [1.807, 2.05) is 6.92 Å². The lowest BCUT2D eigenvalue weighted by Crippen LogP contribution is -2.07. The maximum atomic E-state index is 5.92. The smallest absolute Gasteiger partial charge is 0.323 e. The number of hydrogen-bond acceptors (Lipinski definition) is 6. The molecule has 20 heavy (non-hydrogen) atoms. The molecule has 0 aliphatic heterocycles. The largest absolute Gasteiger partial charge is 0.463 e. The molecular formula is C12H13Cl2N5O. The van der Waals surface area contributed by atoms with Gasteiger partial charge in [-0.2, -0.15) is 15.0 Å². The Kier molecular flexibility index (Phi) is 4.81. The summed E-state index contributed by atoms with van der Waals surface area (Å²) in [5, 5.41) is 3.96. The van der Waals surface area contributed by atoms with Crippen molar-refractivity contribution in [1.29, 1.82) is 0 Å².